The summed E-state index contributed by atoms with van der Waals surface area (Å²) in [5.41, 5.74) is 4.37. The molecule has 0 aromatic heterocycles. The van der Waals surface area contributed by atoms with Crippen LogP contribution >= 0.6 is 0 Å². The number of carbonyl (C=O) groups excluding carboxylic acids is 1. The van der Waals surface area contributed by atoms with Crippen molar-refractivity contribution in [3.05, 3.63) is 28.8 Å². The van der Waals surface area contributed by atoms with Gasteiger partial charge in [-0.1, -0.05) is 53.7 Å². The molecule has 1 rings (SSSR count). The molecule has 1 aromatic rings. The van der Waals surface area contributed by atoms with Crippen LogP contribution in [-0.4, -0.2) is 29.4 Å². The van der Waals surface area contributed by atoms with Gasteiger partial charge in [0.05, 0.1) is 6.54 Å². The monoisotopic (exact) mass is 337 g/mol. The second-order valence-corrected chi connectivity index (χ2v) is 8.17. The van der Waals surface area contributed by atoms with Crippen molar-refractivity contribution in [1.82, 2.24) is 5.48 Å². The summed E-state index contributed by atoms with van der Waals surface area (Å²) < 4.78 is 5.01. The van der Waals surface area contributed by atoms with E-state index in [4.69, 9.17) is 9.94 Å². The van der Waals surface area contributed by atoms with Crippen molar-refractivity contribution >= 4 is 5.97 Å². The Bertz CT molecular complexity index is 533. The van der Waals surface area contributed by atoms with E-state index in [9.17, 15) is 9.90 Å². The molecule has 5 nitrogen and oxygen atoms in total. The van der Waals surface area contributed by atoms with E-state index in [2.05, 4.69) is 41.5 Å². The highest BCUT2D eigenvalue weighted by Crippen LogP contribution is 2.39. The van der Waals surface area contributed by atoms with Crippen LogP contribution in [0.15, 0.2) is 12.1 Å². The predicted octanol–water partition coefficient (Wildman–Crippen LogP) is 3.44. The smallest absolute Gasteiger partial charge is 0.306 e. The third-order valence-corrected chi connectivity index (χ3v) is 3.88. The zero-order chi connectivity index (χ0) is 18.5. The van der Waals surface area contributed by atoms with Gasteiger partial charge >= 0.3 is 5.97 Å². The Hall–Kier alpha value is -1.59. The van der Waals surface area contributed by atoms with Crippen molar-refractivity contribution in [3.63, 3.8) is 0 Å². The summed E-state index contributed by atoms with van der Waals surface area (Å²) in [5, 5.41) is 19.1. The molecular weight excluding hydrogens is 306 g/mol. The minimum atomic E-state index is -0.298. The van der Waals surface area contributed by atoms with E-state index in [1.165, 1.54) is 0 Å². The third-order valence-electron chi connectivity index (χ3n) is 3.88. The van der Waals surface area contributed by atoms with Crippen molar-refractivity contribution < 1.29 is 19.8 Å². The van der Waals surface area contributed by atoms with Crippen molar-refractivity contribution in [1.29, 1.82) is 0 Å². The fourth-order valence-corrected chi connectivity index (χ4v) is 2.51. The van der Waals surface area contributed by atoms with E-state index in [0.29, 0.717) is 12.2 Å². The summed E-state index contributed by atoms with van der Waals surface area (Å²) in [5.74, 6) is 0.0447. The second kappa shape index (κ2) is 7.99. The average molecular weight is 337 g/mol. The number of benzene rings is 1. The molecular formula is C19H31NO4. The minimum Gasteiger partial charge on any atom is -0.507 e. The number of aromatic hydroxyl groups is 1. The molecule has 0 radical (unpaired) electrons. The van der Waals surface area contributed by atoms with Gasteiger partial charge in [-0.25, -0.2) is 5.48 Å². The Kier molecular flexibility index (Phi) is 6.81. The quantitative estimate of drug-likeness (QED) is 0.421. The lowest BCUT2D eigenvalue weighted by atomic mass is 9.78. The Morgan fingerprint density at radius 3 is 2.00 bits per heavy atom. The second-order valence-electron chi connectivity index (χ2n) is 8.17. The van der Waals surface area contributed by atoms with Crippen LogP contribution in [0.25, 0.3) is 0 Å². The number of phenols is 1. The highest BCUT2D eigenvalue weighted by atomic mass is 16.5. The molecule has 1 aromatic carbocycles. The molecule has 136 valence electrons. The van der Waals surface area contributed by atoms with Crippen molar-refractivity contribution in [2.75, 3.05) is 13.2 Å². The van der Waals surface area contributed by atoms with Crippen LogP contribution in [-0.2, 0) is 26.8 Å². The summed E-state index contributed by atoms with van der Waals surface area (Å²) in [7, 11) is 0. The van der Waals surface area contributed by atoms with Crippen molar-refractivity contribution in [3.8, 4) is 5.75 Å². The largest absolute Gasteiger partial charge is 0.507 e. The van der Waals surface area contributed by atoms with Gasteiger partial charge < -0.3 is 15.1 Å². The molecule has 0 aliphatic rings. The molecule has 0 fully saturated rings. The highest BCUT2D eigenvalue weighted by molar-refractivity contribution is 5.69. The lowest BCUT2D eigenvalue weighted by Gasteiger charge is -2.28. The number of ether oxygens (including phenoxy) is 1. The van der Waals surface area contributed by atoms with Gasteiger partial charge in [-0.15, -0.1) is 0 Å². The molecule has 0 aliphatic carbocycles. The molecule has 0 spiro atoms. The van der Waals surface area contributed by atoms with Crippen molar-refractivity contribution in [2.24, 2.45) is 0 Å². The summed E-state index contributed by atoms with van der Waals surface area (Å²) in [4.78, 5) is 11.7. The number of carbonyl (C=O) groups is 1. The summed E-state index contributed by atoms with van der Waals surface area (Å²) >= 11 is 0. The molecule has 0 unspecified atom stereocenters. The molecule has 0 saturated heterocycles. The van der Waals surface area contributed by atoms with E-state index in [1.807, 2.05) is 17.6 Å². The van der Waals surface area contributed by atoms with E-state index in [1.54, 1.807) is 0 Å². The first-order valence-corrected chi connectivity index (χ1v) is 8.36. The Labute approximate surface area is 145 Å². The summed E-state index contributed by atoms with van der Waals surface area (Å²) in [6.45, 7) is 12.7. The van der Waals surface area contributed by atoms with Gasteiger partial charge in [0, 0.05) is 6.42 Å². The normalized spacial score (nSPS) is 12.3. The topological polar surface area (TPSA) is 78.8 Å². The molecule has 0 bridgehead atoms. The average Bonchev–Trinajstić information content (AvgIpc) is 2.44. The lowest BCUT2D eigenvalue weighted by molar-refractivity contribution is -0.143. The third kappa shape index (κ3) is 5.80. The Morgan fingerprint density at radius 2 is 1.58 bits per heavy atom. The van der Waals surface area contributed by atoms with Crippen LogP contribution in [0.1, 0.15) is 64.7 Å². The van der Waals surface area contributed by atoms with Crippen LogP contribution < -0.4 is 5.48 Å². The number of aryl methyl sites for hydroxylation is 1. The van der Waals surface area contributed by atoms with Gasteiger partial charge in [0.25, 0.3) is 0 Å². The number of esters is 1. The SMILES string of the molecule is CC(C)(C)c1cc(CCC(=O)OCCNO)cc(C(C)(C)C)c1O. The van der Waals surface area contributed by atoms with Gasteiger partial charge in [0.2, 0.25) is 0 Å². The molecule has 3 N–H and O–H groups in total. The van der Waals surface area contributed by atoms with Gasteiger partial charge in [-0.3, -0.25) is 4.79 Å². The first-order valence-electron chi connectivity index (χ1n) is 8.36. The zero-order valence-corrected chi connectivity index (χ0v) is 15.7. The lowest BCUT2D eigenvalue weighted by Crippen LogP contribution is -2.19. The minimum absolute atomic E-state index is 0.144. The molecule has 24 heavy (non-hydrogen) atoms. The predicted molar refractivity (Wildman–Crippen MR) is 94.6 cm³/mol. The van der Waals surface area contributed by atoms with Gasteiger partial charge in [0.1, 0.15) is 12.4 Å². The zero-order valence-electron chi connectivity index (χ0n) is 15.7. The van der Waals surface area contributed by atoms with Crippen LogP contribution in [0.5, 0.6) is 5.75 Å². The van der Waals surface area contributed by atoms with Crippen molar-refractivity contribution in [2.45, 2.75) is 65.2 Å². The maximum Gasteiger partial charge on any atom is 0.306 e. The molecule has 0 amide bonds. The summed E-state index contributed by atoms with van der Waals surface area (Å²) in [6, 6.07) is 3.96. The molecule has 0 saturated carbocycles. The Balaban J connectivity index is 3.01. The van der Waals surface area contributed by atoms with E-state index in [0.717, 1.165) is 16.7 Å². The van der Waals surface area contributed by atoms with Crippen LogP contribution in [0, 0.1) is 0 Å². The van der Waals surface area contributed by atoms with Gasteiger partial charge in [0.15, 0.2) is 0 Å². The standard InChI is InChI=1S/C19H31NO4/c1-18(2,3)14-11-13(7-8-16(21)24-10-9-20-23)12-15(17(14)22)19(4,5)6/h11-12,20,22-23H,7-10H2,1-6H3. The number of rotatable bonds is 6. The maximum absolute atomic E-state index is 11.7. The first kappa shape index (κ1) is 20.5. The number of hydrogen-bond donors (Lipinski definition) is 3. The van der Waals surface area contributed by atoms with Gasteiger partial charge in [-0.2, -0.15) is 0 Å². The van der Waals surface area contributed by atoms with Crippen LogP contribution in [0.3, 0.4) is 0 Å². The molecule has 0 atom stereocenters. The molecule has 0 aliphatic heterocycles. The van der Waals surface area contributed by atoms with Crippen LogP contribution in [0.2, 0.25) is 0 Å². The molecule has 5 heteroatoms. The Morgan fingerprint density at radius 1 is 1.08 bits per heavy atom. The van der Waals surface area contributed by atoms with E-state index in [-0.39, 0.29) is 36.4 Å². The first-order chi connectivity index (χ1) is 11.0. The van der Waals surface area contributed by atoms with E-state index < -0.39 is 0 Å². The fraction of sp³-hybridized carbons (Fsp3) is 0.632. The number of phenolic OH excluding ortho intramolecular Hbond substituents is 1. The number of hydroxylamine groups is 1. The maximum atomic E-state index is 11.7. The van der Waals surface area contributed by atoms with Gasteiger partial charge in [-0.05, 0) is 33.9 Å². The van der Waals surface area contributed by atoms with Crippen LogP contribution in [0.4, 0.5) is 0 Å². The van der Waals surface area contributed by atoms with E-state index >= 15 is 0 Å². The molecule has 0 heterocycles. The fourth-order valence-electron chi connectivity index (χ4n) is 2.51. The number of hydrogen-bond acceptors (Lipinski definition) is 5. The highest BCUT2D eigenvalue weighted by Gasteiger charge is 2.26. The summed E-state index contributed by atoms with van der Waals surface area (Å²) in [6.07, 6.45) is 0.821. The number of nitrogens with one attached hydrogen (secondary N) is 1.